The minimum Gasteiger partial charge on any atom is -0.328 e. The fourth-order valence-electron chi connectivity index (χ4n) is 3.81. The fraction of sp³-hybridized carbons (Fsp3) is 0.350. The molecule has 1 atom stereocenters. The summed E-state index contributed by atoms with van der Waals surface area (Å²) in [6, 6.07) is 11.7. The van der Waals surface area contributed by atoms with Gasteiger partial charge in [0.1, 0.15) is 17.5 Å². The lowest BCUT2D eigenvalue weighted by atomic mass is 10.1. The standard InChI is InChI=1S/C20H22N4O4S/c25-19-15-22(13-16-6-2-1-3-7-16)20(26)18-14-23(10-5-11-24(18)19)29(27,28)17-8-4-9-21-12-17/h1-4,6-9,12,18H,5,10-11,13-15H2. The molecular weight excluding hydrogens is 392 g/mol. The average molecular weight is 414 g/mol. The number of aromatic nitrogens is 1. The number of rotatable bonds is 4. The van der Waals surface area contributed by atoms with Crippen LogP contribution in [0.3, 0.4) is 0 Å². The van der Waals surface area contributed by atoms with Gasteiger partial charge in [-0.1, -0.05) is 30.3 Å². The number of carbonyl (C=O) groups is 2. The van der Waals surface area contributed by atoms with Gasteiger partial charge in [0.2, 0.25) is 21.8 Å². The molecule has 152 valence electrons. The predicted molar refractivity (Wildman–Crippen MR) is 105 cm³/mol. The van der Waals surface area contributed by atoms with E-state index in [2.05, 4.69) is 4.98 Å². The predicted octanol–water partition coefficient (Wildman–Crippen LogP) is 0.716. The summed E-state index contributed by atoms with van der Waals surface area (Å²) < 4.78 is 27.4. The molecule has 1 aromatic carbocycles. The normalized spacial score (nSPS) is 21.0. The van der Waals surface area contributed by atoms with Gasteiger partial charge < -0.3 is 9.80 Å². The summed E-state index contributed by atoms with van der Waals surface area (Å²) in [6.07, 6.45) is 3.29. The van der Waals surface area contributed by atoms with Crippen molar-refractivity contribution in [3.63, 3.8) is 0 Å². The van der Waals surface area contributed by atoms with E-state index in [1.807, 2.05) is 30.3 Å². The van der Waals surface area contributed by atoms with Crippen molar-refractivity contribution in [3.8, 4) is 0 Å². The monoisotopic (exact) mass is 414 g/mol. The van der Waals surface area contributed by atoms with Gasteiger partial charge in [-0.05, 0) is 24.1 Å². The Labute approximate surface area is 169 Å². The molecule has 1 aromatic heterocycles. The number of hydrogen-bond acceptors (Lipinski definition) is 5. The van der Waals surface area contributed by atoms with Crippen LogP contribution < -0.4 is 0 Å². The van der Waals surface area contributed by atoms with Crippen molar-refractivity contribution in [1.82, 2.24) is 19.1 Å². The zero-order valence-corrected chi connectivity index (χ0v) is 16.7. The van der Waals surface area contributed by atoms with E-state index in [0.717, 1.165) is 5.56 Å². The third kappa shape index (κ3) is 3.88. The van der Waals surface area contributed by atoms with Crippen LogP contribution in [0.4, 0.5) is 0 Å². The summed E-state index contributed by atoms with van der Waals surface area (Å²) in [4.78, 5) is 32.9. The molecule has 2 saturated heterocycles. The van der Waals surface area contributed by atoms with Crippen LogP contribution in [0.5, 0.6) is 0 Å². The van der Waals surface area contributed by atoms with Crippen LogP contribution in [0.25, 0.3) is 0 Å². The van der Waals surface area contributed by atoms with Crippen LogP contribution in [0, 0.1) is 0 Å². The Hall–Kier alpha value is -2.78. The summed E-state index contributed by atoms with van der Waals surface area (Å²) in [5.41, 5.74) is 0.926. The molecule has 2 amide bonds. The van der Waals surface area contributed by atoms with Crippen LogP contribution in [0.2, 0.25) is 0 Å². The van der Waals surface area contributed by atoms with E-state index in [4.69, 9.17) is 0 Å². The molecule has 8 nitrogen and oxygen atoms in total. The van der Waals surface area contributed by atoms with Gasteiger partial charge in [0.25, 0.3) is 0 Å². The SMILES string of the molecule is O=C1C2CN(S(=O)(=O)c3cccnc3)CCCN2C(=O)CN1Cc1ccccc1. The number of nitrogens with zero attached hydrogens (tertiary/aromatic N) is 4. The van der Waals surface area contributed by atoms with E-state index in [1.165, 1.54) is 32.6 Å². The van der Waals surface area contributed by atoms with Crippen molar-refractivity contribution in [2.24, 2.45) is 0 Å². The Bertz CT molecular complexity index is 998. The van der Waals surface area contributed by atoms with Crippen molar-refractivity contribution in [2.45, 2.75) is 23.9 Å². The number of pyridine rings is 1. The van der Waals surface area contributed by atoms with Crippen molar-refractivity contribution in [3.05, 3.63) is 60.4 Å². The van der Waals surface area contributed by atoms with E-state index in [-0.39, 0.29) is 36.3 Å². The summed E-state index contributed by atoms with van der Waals surface area (Å²) in [7, 11) is -3.79. The third-order valence-corrected chi connectivity index (χ3v) is 7.14. The molecule has 0 aliphatic carbocycles. The average Bonchev–Trinajstić information content (AvgIpc) is 2.97. The Kier molecular flexibility index (Phi) is 5.33. The van der Waals surface area contributed by atoms with E-state index in [0.29, 0.717) is 19.5 Å². The first-order chi connectivity index (χ1) is 14.0. The Morgan fingerprint density at radius 3 is 2.55 bits per heavy atom. The van der Waals surface area contributed by atoms with Gasteiger partial charge in [0.05, 0.1) is 0 Å². The fourth-order valence-corrected chi connectivity index (χ4v) is 5.26. The zero-order chi connectivity index (χ0) is 20.4. The Morgan fingerprint density at radius 2 is 1.83 bits per heavy atom. The number of hydrogen-bond donors (Lipinski definition) is 0. The molecule has 2 aliphatic rings. The molecule has 0 radical (unpaired) electrons. The molecule has 2 aliphatic heterocycles. The van der Waals surface area contributed by atoms with Crippen molar-refractivity contribution in [2.75, 3.05) is 26.2 Å². The molecule has 2 aromatic rings. The highest BCUT2D eigenvalue weighted by Crippen LogP contribution is 2.23. The lowest BCUT2D eigenvalue weighted by Gasteiger charge is -2.40. The van der Waals surface area contributed by atoms with E-state index in [9.17, 15) is 18.0 Å². The minimum absolute atomic E-state index is 0.0135. The molecule has 0 saturated carbocycles. The van der Waals surface area contributed by atoms with Crippen LogP contribution in [-0.4, -0.2) is 71.5 Å². The second-order valence-corrected chi connectivity index (χ2v) is 9.13. The lowest BCUT2D eigenvalue weighted by Crippen LogP contribution is -2.61. The smallest absolute Gasteiger partial charge is 0.247 e. The molecule has 0 N–H and O–H groups in total. The molecule has 0 spiro atoms. The molecule has 1 unspecified atom stereocenters. The van der Waals surface area contributed by atoms with E-state index in [1.54, 1.807) is 6.07 Å². The maximum Gasteiger partial charge on any atom is 0.247 e. The minimum atomic E-state index is -3.79. The highest BCUT2D eigenvalue weighted by molar-refractivity contribution is 7.89. The number of carbonyl (C=O) groups excluding carboxylic acids is 2. The quantitative estimate of drug-likeness (QED) is 0.735. The van der Waals surface area contributed by atoms with Gasteiger partial charge in [-0.2, -0.15) is 4.31 Å². The number of piperazine rings is 1. The maximum absolute atomic E-state index is 13.2. The number of fused-ring (bicyclic) bond motifs is 1. The van der Waals surface area contributed by atoms with Gasteiger partial charge in [0, 0.05) is 38.6 Å². The summed E-state index contributed by atoms with van der Waals surface area (Å²) >= 11 is 0. The first kappa shape index (κ1) is 19.5. The maximum atomic E-state index is 13.2. The molecule has 3 heterocycles. The molecule has 29 heavy (non-hydrogen) atoms. The van der Waals surface area contributed by atoms with Crippen LogP contribution in [-0.2, 0) is 26.2 Å². The van der Waals surface area contributed by atoms with Gasteiger partial charge in [0.15, 0.2) is 0 Å². The summed E-state index contributed by atoms with van der Waals surface area (Å²) in [5.74, 6) is -0.368. The first-order valence-electron chi connectivity index (χ1n) is 9.49. The first-order valence-corrected chi connectivity index (χ1v) is 10.9. The molecule has 0 bridgehead atoms. The van der Waals surface area contributed by atoms with Crippen molar-refractivity contribution >= 4 is 21.8 Å². The van der Waals surface area contributed by atoms with Crippen molar-refractivity contribution in [1.29, 1.82) is 0 Å². The topological polar surface area (TPSA) is 90.9 Å². The molecule has 9 heteroatoms. The Balaban J connectivity index is 1.59. The molecular formula is C20H22N4O4S. The largest absolute Gasteiger partial charge is 0.328 e. The Morgan fingerprint density at radius 1 is 1.03 bits per heavy atom. The second-order valence-electron chi connectivity index (χ2n) is 7.19. The van der Waals surface area contributed by atoms with E-state index >= 15 is 0 Å². The van der Waals surface area contributed by atoms with Crippen LogP contribution in [0.1, 0.15) is 12.0 Å². The highest BCUT2D eigenvalue weighted by atomic mass is 32.2. The number of sulfonamides is 1. The van der Waals surface area contributed by atoms with Gasteiger partial charge in [-0.15, -0.1) is 0 Å². The molecule has 4 rings (SSSR count). The second kappa shape index (κ2) is 7.92. The summed E-state index contributed by atoms with van der Waals surface area (Å²) in [6.45, 7) is 0.911. The number of amides is 2. The van der Waals surface area contributed by atoms with Gasteiger partial charge in [-0.25, -0.2) is 8.42 Å². The highest BCUT2D eigenvalue weighted by Gasteiger charge is 2.43. The third-order valence-electron chi connectivity index (χ3n) is 5.29. The van der Waals surface area contributed by atoms with Crippen molar-refractivity contribution < 1.29 is 18.0 Å². The number of benzene rings is 1. The summed E-state index contributed by atoms with van der Waals surface area (Å²) in [5, 5.41) is 0. The lowest BCUT2D eigenvalue weighted by molar-refractivity contribution is -0.156. The van der Waals surface area contributed by atoms with E-state index < -0.39 is 16.1 Å². The molecule has 2 fully saturated rings. The zero-order valence-electron chi connectivity index (χ0n) is 15.8. The van der Waals surface area contributed by atoms with Crippen LogP contribution in [0.15, 0.2) is 59.8 Å². The van der Waals surface area contributed by atoms with Gasteiger partial charge >= 0.3 is 0 Å². The van der Waals surface area contributed by atoms with Crippen LogP contribution >= 0.6 is 0 Å². The van der Waals surface area contributed by atoms with Gasteiger partial charge in [-0.3, -0.25) is 14.6 Å².